The summed E-state index contributed by atoms with van der Waals surface area (Å²) in [6.07, 6.45) is 1.59. The number of halogens is 1. The molecule has 6 nitrogen and oxygen atoms in total. The van der Waals surface area contributed by atoms with Crippen molar-refractivity contribution in [3.05, 3.63) is 52.8 Å². The molecule has 0 saturated carbocycles. The van der Waals surface area contributed by atoms with E-state index in [9.17, 15) is 13.2 Å². The lowest BCUT2D eigenvalue weighted by molar-refractivity contribution is 0.102. The molecule has 0 aliphatic rings. The molecule has 8 heteroatoms. The number of rotatable bonds is 3. The molecule has 1 amide bonds. The van der Waals surface area contributed by atoms with Crippen LogP contribution >= 0.6 is 11.6 Å². The van der Waals surface area contributed by atoms with E-state index in [1.165, 1.54) is 18.2 Å². The number of carbonyl (C=O) groups is 1. The normalized spacial score (nSPS) is 11.2. The van der Waals surface area contributed by atoms with Crippen molar-refractivity contribution < 1.29 is 13.2 Å². The standard InChI is InChI=1S/C13H12ClN3O3S/c1-8-10(3-2-6-16-8)13(18)17-9-4-5-12(11(14)7-9)21(15,19)20/h2-7H,1H3,(H,17,18)(H2,15,19,20). The van der Waals surface area contributed by atoms with Crippen LogP contribution in [-0.4, -0.2) is 19.3 Å². The van der Waals surface area contributed by atoms with E-state index in [1.54, 1.807) is 25.3 Å². The molecule has 1 heterocycles. The smallest absolute Gasteiger partial charge is 0.257 e. The molecule has 0 saturated heterocycles. The maximum absolute atomic E-state index is 12.1. The number of sulfonamides is 1. The van der Waals surface area contributed by atoms with Gasteiger partial charge < -0.3 is 5.32 Å². The van der Waals surface area contributed by atoms with Crippen LogP contribution in [0.25, 0.3) is 0 Å². The topological polar surface area (TPSA) is 102 Å². The van der Waals surface area contributed by atoms with E-state index in [0.29, 0.717) is 16.9 Å². The highest BCUT2D eigenvalue weighted by atomic mass is 35.5. The largest absolute Gasteiger partial charge is 0.322 e. The van der Waals surface area contributed by atoms with Crippen LogP contribution in [0.2, 0.25) is 5.02 Å². The Morgan fingerprint density at radius 2 is 2.05 bits per heavy atom. The molecule has 110 valence electrons. The fourth-order valence-corrected chi connectivity index (χ4v) is 2.82. The number of nitrogens with zero attached hydrogens (tertiary/aromatic N) is 1. The number of aryl methyl sites for hydroxylation is 1. The summed E-state index contributed by atoms with van der Waals surface area (Å²) in [5, 5.41) is 7.57. The molecule has 0 aliphatic carbocycles. The number of pyridine rings is 1. The second-order valence-corrected chi connectivity index (χ2v) is 6.22. The molecule has 1 aromatic heterocycles. The highest BCUT2D eigenvalue weighted by molar-refractivity contribution is 7.89. The Morgan fingerprint density at radius 3 is 2.62 bits per heavy atom. The Hall–Kier alpha value is -1.96. The molecule has 1 aromatic carbocycles. The number of aromatic nitrogens is 1. The van der Waals surface area contributed by atoms with Gasteiger partial charge in [0, 0.05) is 17.6 Å². The fraction of sp³-hybridized carbons (Fsp3) is 0.0769. The Morgan fingerprint density at radius 1 is 1.33 bits per heavy atom. The van der Waals surface area contributed by atoms with E-state index in [1.807, 2.05) is 0 Å². The summed E-state index contributed by atoms with van der Waals surface area (Å²) in [5.41, 5.74) is 1.37. The summed E-state index contributed by atoms with van der Waals surface area (Å²) in [7, 11) is -3.89. The number of carbonyl (C=O) groups excluding carboxylic acids is 1. The molecule has 0 fully saturated rings. The molecule has 2 rings (SSSR count). The van der Waals surface area contributed by atoms with Crippen LogP contribution in [0.15, 0.2) is 41.4 Å². The van der Waals surface area contributed by atoms with E-state index >= 15 is 0 Å². The summed E-state index contributed by atoms with van der Waals surface area (Å²) in [6, 6.07) is 7.26. The van der Waals surface area contributed by atoms with Crippen molar-refractivity contribution in [2.45, 2.75) is 11.8 Å². The highest BCUT2D eigenvalue weighted by Gasteiger charge is 2.15. The summed E-state index contributed by atoms with van der Waals surface area (Å²) in [6.45, 7) is 1.71. The predicted octanol–water partition coefficient (Wildman–Crippen LogP) is 1.94. The van der Waals surface area contributed by atoms with Crippen molar-refractivity contribution in [1.82, 2.24) is 4.98 Å². The summed E-state index contributed by atoms with van der Waals surface area (Å²) in [5.74, 6) is -0.361. The van der Waals surface area contributed by atoms with Crippen molar-refractivity contribution in [2.24, 2.45) is 5.14 Å². The van der Waals surface area contributed by atoms with Gasteiger partial charge >= 0.3 is 0 Å². The average molecular weight is 326 g/mol. The Kier molecular flexibility index (Phi) is 4.26. The number of nitrogens with two attached hydrogens (primary N) is 1. The minimum absolute atomic E-state index is 0.0572. The third kappa shape index (κ3) is 3.57. The lowest BCUT2D eigenvalue weighted by Crippen LogP contribution is -2.15. The van der Waals surface area contributed by atoms with Gasteiger partial charge in [-0.05, 0) is 37.3 Å². The SMILES string of the molecule is Cc1ncccc1C(=O)Nc1ccc(S(N)(=O)=O)c(Cl)c1. The first-order valence-electron chi connectivity index (χ1n) is 5.84. The van der Waals surface area contributed by atoms with Gasteiger partial charge in [-0.1, -0.05) is 11.6 Å². The van der Waals surface area contributed by atoms with Gasteiger partial charge in [0.1, 0.15) is 4.90 Å². The lowest BCUT2D eigenvalue weighted by Gasteiger charge is -2.08. The van der Waals surface area contributed by atoms with Gasteiger partial charge in [-0.2, -0.15) is 0 Å². The van der Waals surface area contributed by atoms with E-state index in [0.717, 1.165) is 0 Å². The molecule has 0 aliphatic heterocycles. The van der Waals surface area contributed by atoms with Crippen molar-refractivity contribution >= 4 is 33.2 Å². The zero-order chi connectivity index (χ0) is 15.6. The molecule has 2 aromatic rings. The van der Waals surface area contributed by atoms with Crippen LogP contribution in [-0.2, 0) is 10.0 Å². The van der Waals surface area contributed by atoms with Crippen molar-refractivity contribution in [3.8, 4) is 0 Å². The molecule has 0 unspecified atom stereocenters. The van der Waals surface area contributed by atoms with Crippen LogP contribution in [0.4, 0.5) is 5.69 Å². The molecule has 3 N–H and O–H groups in total. The van der Waals surface area contributed by atoms with E-state index in [2.05, 4.69) is 10.3 Å². The predicted molar refractivity (Wildman–Crippen MR) is 79.8 cm³/mol. The second kappa shape index (κ2) is 5.80. The first kappa shape index (κ1) is 15.4. The Labute approximate surface area is 127 Å². The summed E-state index contributed by atoms with van der Waals surface area (Å²) < 4.78 is 22.5. The van der Waals surface area contributed by atoms with Crippen LogP contribution in [0.1, 0.15) is 16.1 Å². The average Bonchev–Trinajstić information content (AvgIpc) is 2.37. The fourth-order valence-electron chi connectivity index (χ4n) is 1.73. The van der Waals surface area contributed by atoms with E-state index in [-0.39, 0.29) is 15.8 Å². The van der Waals surface area contributed by atoms with Crippen molar-refractivity contribution in [3.63, 3.8) is 0 Å². The highest BCUT2D eigenvalue weighted by Crippen LogP contribution is 2.24. The molecule has 0 bridgehead atoms. The maximum atomic E-state index is 12.1. The van der Waals surface area contributed by atoms with Gasteiger partial charge in [-0.15, -0.1) is 0 Å². The van der Waals surface area contributed by atoms with Crippen LogP contribution in [0, 0.1) is 6.92 Å². The third-order valence-corrected chi connectivity index (χ3v) is 4.14. The second-order valence-electron chi connectivity index (χ2n) is 4.28. The number of hydrogen-bond acceptors (Lipinski definition) is 4. The number of anilines is 1. The summed E-state index contributed by atoms with van der Waals surface area (Å²) in [4.78, 5) is 15.9. The minimum Gasteiger partial charge on any atom is -0.322 e. The number of amides is 1. The van der Waals surface area contributed by atoms with Gasteiger partial charge in [-0.25, -0.2) is 13.6 Å². The molecule has 21 heavy (non-hydrogen) atoms. The number of nitrogens with one attached hydrogen (secondary N) is 1. The van der Waals surface area contributed by atoms with Gasteiger partial charge in [-0.3, -0.25) is 9.78 Å². The zero-order valence-corrected chi connectivity index (χ0v) is 12.6. The monoisotopic (exact) mass is 325 g/mol. The molecular weight excluding hydrogens is 314 g/mol. The van der Waals surface area contributed by atoms with Crippen molar-refractivity contribution in [1.29, 1.82) is 0 Å². The Balaban J connectivity index is 2.27. The van der Waals surface area contributed by atoms with Crippen molar-refractivity contribution in [2.75, 3.05) is 5.32 Å². The first-order valence-corrected chi connectivity index (χ1v) is 7.77. The number of hydrogen-bond donors (Lipinski definition) is 2. The lowest BCUT2D eigenvalue weighted by atomic mass is 10.2. The van der Waals surface area contributed by atoms with Crippen LogP contribution in [0.5, 0.6) is 0 Å². The number of primary sulfonamides is 1. The van der Waals surface area contributed by atoms with E-state index in [4.69, 9.17) is 16.7 Å². The van der Waals surface area contributed by atoms with Gasteiger partial charge in [0.2, 0.25) is 10.0 Å². The molecule has 0 atom stereocenters. The maximum Gasteiger partial charge on any atom is 0.257 e. The first-order chi connectivity index (χ1) is 9.79. The molecule has 0 spiro atoms. The minimum atomic E-state index is -3.89. The Bertz CT molecular complexity index is 806. The quantitative estimate of drug-likeness (QED) is 0.900. The van der Waals surface area contributed by atoms with E-state index < -0.39 is 10.0 Å². The van der Waals surface area contributed by atoms with Crippen LogP contribution < -0.4 is 10.5 Å². The third-order valence-electron chi connectivity index (χ3n) is 2.75. The zero-order valence-electron chi connectivity index (χ0n) is 11.0. The molecule has 0 radical (unpaired) electrons. The molecular formula is C13H12ClN3O3S. The van der Waals surface area contributed by atoms with Gasteiger partial charge in [0.15, 0.2) is 0 Å². The van der Waals surface area contributed by atoms with Gasteiger partial charge in [0.25, 0.3) is 5.91 Å². The number of benzene rings is 1. The van der Waals surface area contributed by atoms with Gasteiger partial charge in [0.05, 0.1) is 10.6 Å². The summed E-state index contributed by atoms with van der Waals surface area (Å²) >= 11 is 5.85. The van der Waals surface area contributed by atoms with Crippen LogP contribution in [0.3, 0.4) is 0 Å².